The van der Waals surface area contributed by atoms with E-state index in [1.165, 1.54) is 5.69 Å². The van der Waals surface area contributed by atoms with Crippen molar-refractivity contribution in [2.24, 2.45) is 0 Å². The van der Waals surface area contributed by atoms with Crippen LogP contribution in [0, 0.1) is 0 Å². The highest BCUT2D eigenvalue weighted by atomic mass is 35.5. The molecule has 1 amide bonds. The van der Waals surface area contributed by atoms with Crippen LogP contribution in [0.15, 0.2) is 66.9 Å². The molecule has 2 aliphatic heterocycles. The summed E-state index contributed by atoms with van der Waals surface area (Å²) in [5.74, 6) is 1.04. The van der Waals surface area contributed by atoms with E-state index in [1.54, 1.807) is 7.11 Å². The second-order valence-electron chi connectivity index (χ2n) is 8.56. The number of aromatic nitrogens is 1. The second-order valence-corrected chi connectivity index (χ2v) is 8.97. The fourth-order valence-electron chi connectivity index (χ4n) is 5.02. The van der Waals surface area contributed by atoms with Crippen LogP contribution in [0.4, 0.5) is 5.69 Å². The number of methoxy groups -OCH3 is 1. The number of hydrogen-bond donors (Lipinski definition) is 0. The highest BCUT2D eigenvalue weighted by molar-refractivity contribution is 6.31. The van der Waals surface area contributed by atoms with Gasteiger partial charge in [-0.05, 0) is 35.9 Å². The number of carbonyl (C=O) groups is 1. The number of nitrogens with zero attached hydrogens (tertiary/aromatic N) is 4. The average molecular weight is 465 g/mol. The minimum absolute atomic E-state index is 0.0266. The van der Waals surface area contributed by atoms with Crippen molar-refractivity contribution >= 4 is 23.2 Å². The van der Waals surface area contributed by atoms with Gasteiger partial charge in [-0.3, -0.25) is 9.69 Å². The summed E-state index contributed by atoms with van der Waals surface area (Å²) in [5.41, 5.74) is 3.32. The summed E-state index contributed by atoms with van der Waals surface area (Å²) in [4.78, 5) is 19.9. The van der Waals surface area contributed by atoms with Crippen LogP contribution in [0.3, 0.4) is 0 Å². The van der Waals surface area contributed by atoms with E-state index >= 15 is 0 Å². The van der Waals surface area contributed by atoms with Gasteiger partial charge in [0.25, 0.3) is 0 Å². The van der Waals surface area contributed by atoms with Gasteiger partial charge in [0.1, 0.15) is 5.75 Å². The molecule has 1 fully saturated rings. The van der Waals surface area contributed by atoms with Crippen molar-refractivity contribution in [3.63, 3.8) is 0 Å². The van der Waals surface area contributed by atoms with Gasteiger partial charge in [0, 0.05) is 56.2 Å². The van der Waals surface area contributed by atoms with E-state index in [0.29, 0.717) is 19.6 Å². The summed E-state index contributed by atoms with van der Waals surface area (Å²) in [7, 11) is 1.70. The molecule has 1 saturated heterocycles. The minimum atomic E-state index is -0.0266. The highest BCUT2D eigenvalue weighted by Crippen LogP contribution is 2.36. The molecule has 0 spiro atoms. The monoisotopic (exact) mass is 464 g/mol. The molecule has 0 bridgehead atoms. The number of para-hydroxylation sites is 2. The third-order valence-electron chi connectivity index (χ3n) is 6.73. The Kier molecular flexibility index (Phi) is 6.29. The van der Waals surface area contributed by atoms with Crippen LogP contribution in [0.25, 0.3) is 0 Å². The first-order chi connectivity index (χ1) is 16.2. The molecule has 33 heavy (non-hydrogen) atoms. The molecular formula is C26H29ClN4O2. The zero-order valence-electron chi connectivity index (χ0n) is 18.9. The number of halogens is 1. The molecule has 0 saturated carbocycles. The van der Waals surface area contributed by atoms with Gasteiger partial charge in [-0.1, -0.05) is 41.9 Å². The third-order valence-corrected chi connectivity index (χ3v) is 7.08. The van der Waals surface area contributed by atoms with Gasteiger partial charge in [-0.25, -0.2) is 0 Å². The van der Waals surface area contributed by atoms with Crippen molar-refractivity contribution in [3.05, 3.63) is 83.1 Å². The Labute approximate surface area is 199 Å². The Morgan fingerprint density at radius 2 is 1.70 bits per heavy atom. The highest BCUT2D eigenvalue weighted by Gasteiger charge is 2.33. The van der Waals surface area contributed by atoms with E-state index in [0.717, 1.165) is 48.2 Å². The lowest BCUT2D eigenvalue weighted by molar-refractivity contribution is -0.133. The maximum atomic E-state index is 13.3. The lowest BCUT2D eigenvalue weighted by Gasteiger charge is -2.40. The van der Waals surface area contributed by atoms with E-state index in [-0.39, 0.29) is 11.9 Å². The van der Waals surface area contributed by atoms with Crippen LogP contribution >= 0.6 is 11.6 Å². The zero-order valence-corrected chi connectivity index (χ0v) is 19.6. The van der Waals surface area contributed by atoms with Crippen LogP contribution in [0.2, 0.25) is 5.02 Å². The summed E-state index contributed by atoms with van der Waals surface area (Å²) < 4.78 is 7.78. The molecule has 6 nitrogen and oxygen atoms in total. The molecule has 3 aromatic rings. The third kappa shape index (κ3) is 4.33. The van der Waals surface area contributed by atoms with Crippen molar-refractivity contribution in [1.29, 1.82) is 0 Å². The van der Waals surface area contributed by atoms with Gasteiger partial charge in [-0.2, -0.15) is 0 Å². The van der Waals surface area contributed by atoms with Crippen molar-refractivity contribution in [1.82, 2.24) is 14.4 Å². The maximum Gasteiger partial charge on any atom is 0.236 e. The molecule has 0 aliphatic carbocycles. The van der Waals surface area contributed by atoms with Crippen LogP contribution in [0.5, 0.6) is 5.75 Å². The predicted octanol–water partition coefficient (Wildman–Crippen LogP) is 3.90. The molecule has 1 aromatic heterocycles. The number of carbonyl (C=O) groups excluding carboxylic acids is 1. The van der Waals surface area contributed by atoms with Gasteiger partial charge < -0.3 is 19.1 Å². The van der Waals surface area contributed by atoms with Crippen molar-refractivity contribution in [2.75, 3.05) is 51.3 Å². The summed E-state index contributed by atoms with van der Waals surface area (Å²) in [5, 5.41) is 0.736. The molecule has 3 heterocycles. The maximum absolute atomic E-state index is 13.3. The number of fused-ring (bicyclic) bond motifs is 1. The first kappa shape index (κ1) is 21.9. The smallest absolute Gasteiger partial charge is 0.236 e. The zero-order chi connectivity index (χ0) is 22.8. The molecule has 1 atom stereocenters. The minimum Gasteiger partial charge on any atom is -0.495 e. The van der Waals surface area contributed by atoms with Crippen molar-refractivity contribution < 1.29 is 9.53 Å². The lowest BCUT2D eigenvalue weighted by Crippen LogP contribution is -2.52. The number of ether oxygens (including phenoxy) is 1. The van der Waals surface area contributed by atoms with E-state index < -0.39 is 0 Å². The first-order valence-corrected chi connectivity index (χ1v) is 11.8. The lowest BCUT2D eigenvalue weighted by atomic mass is 9.99. The van der Waals surface area contributed by atoms with Crippen molar-refractivity contribution in [2.45, 2.75) is 12.6 Å². The first-order valence-electron chi connectivity index (χ1n) is 11.4. The number of anilines is 1. The molecule has 5 rings (SSSR count). The Balaban J connectivity index is 1.29. The van der Waals surface area contributed by atoms with Gasteiger partial charge in [0.2, 0.25) is 5.91 Å². The normalized spacial score (nSPS) is 18.8. The number of benzene rings is 2. The number of rotatable bonds is 5. The summed E-state index contributed by atoms with van der Waals surface area (Å²) in [6, 6.07) is 20.2. The largest absolute Gasteiger partial charge is 0.495 e. The number of hydrogen-bond acceptors (Lipinski definition) is 4. The predicted molar refractivity (Wildman–Crippen MR) is 131 cm³/mol. The fourth-order valence-corrected chi connectivity index (χ4v) is 5.26. The fraction of sp³-hybridized carbons (Fsp3) is 0.346. The van der Waals surface area contributed by atoms with Gasteiger partial charge in [0.05, 0.1) is 25.4 Å². The molecule has 0 N–H and O–H groups in total. The van der Waals surface area contributed by atoms with Gasteiger partial charge in [-0.15, -0.1) is 0 Å². The average Bonchev–Trinajstić information content (AvgIpc) is 3.33. The molecular weight excluding hydrogens is 436 g/mol. The number of amides is 1. The number of piperazine rings is 1. The van der Waals surface area contributed by atoms with E-state index in [4.69, 9.17) is 16.3 Å². The summed E-state index contributed by atoms with van der Waals surface area (Å²) in [6.07, 6.45) is 2.11. The Morgan fingerprint density at radius 3 is 2.48 bits per heavy atom. The molecule has 2 aromatic carbocycles. The SMILES string of the molecule is COc1ccccc1N1CCN(C(=O)CN2CCn3cccc3C2c2ccccc2Cl)CC1. The van der Waals surface area contributed by atoms with Gasteiger partial charge in [0.15, 0.2) is 0 Å². The molecule has 0 radical (unpaired) electrons. The summed E-state index contributed by atoms with van der Waals surface area (Å²) in [6.45, 7) is 5.07. The van der Waals surface area contributed by atoms with Crippen LogP contribution < -0.4 is 9.64 Å². The van der Waals surface area contributed by atoms with E-state index in [9.17, 15) is 4.79 Å². The second kappa shape index (κ2) is 9.49. The van der Waals surface area contributed by atoms with Gasteiger partial charge >= 0.3 is 0 Å². The molecule has 172 valence electrons. The van der Waals surface area contributed by atoms with E-state index in [2.05, 4.69) is 44.8 Å². The van der Waals surface area contributed by atoms with Crippen molar-refractivity contribution in [3.8, 4) is 5.75 Å². The molecule has 1 unspecified atom stereocenters. The topological polar surface area (TPSA) is 41.0 Å². The summed E-state index contributed by atoms with van der Waals surface area (Å²) >= 11 is 6.59. The Bertz CT molecular complexity index is 1120. The Hall–Kier alpha value is -2.96. The van der Waals surface area contributed by atoms with Crippen LogP contribution in [0.1, 0.15) is 17.3 Å². The quantitative estimate of drug-likeness (QED) is 0.574. The van der Waals surface area contributed by atoms with Crippen LogP contribution in [-0.2, 0) is 11.3 Å². The van der Waals surface area contributed by atoms with E-state index in [1.807, 2.05) is 41.3 Å². The molecule has 2 aliphatic rings. The standard InChI is InChI=1S/C26H29ClN4O2/c1-33-24-11-5-4-9-22(24)29-13-16-30(17-14-29)25(32)19-31-18-15-28-12-6-10-23(28)26(31)20-7-2-3-8-21(20)27/h2-12,26H,13-19H2,1H3. The van der Waals surface area contributed by atoms with Crippen LogP contribution in [-0.4, -0.2) is 66.7 Å². The molecule has 7 heteroatoms. The Morgan fingerprint density at radius 1 is 0.939 bits per heavy atom.